The smallest absolute Gasteiger partial charge is 0.0639 e. The molecule has 1 fully saturated rings. The van der Waals surface area contributed by atoms with Gasteiger partial charge in [-0.25, -0.2) is 0 Å². The summed E-state index contributed by atoms with van der Waals surface area (Å²) in [6.45, 7) is 17.0. The van der Waals surface area contributed by atoms with Crippen LogP contribution in [0.5, 0.6) is 0 Å². The summed E-state index contributed by atoms with van der Waals surface area (Å²) in [6, 6.07) is 0. The van der Waals surface area contributed by atoms with Gasteiger partial charge in [0.1, 0.15) is 0 Å². The minimum absolute atomic E-state index is 0.364. The molecule has 30 heavy (non-hydrogen) atoms. The van der Waals surface area contributed by atoms with Crippen molar-refractivity contribution < 1.29 is 20.4 Å². The molecule has 0 aromatic rings. The molecule has 0 radical (unpaired) electrons. The van der Waals surface area contributed by atoms with Crippen LogP contribution in [0.2, 0.25) is 0 Å². The predicted molar refractivity (Wildman–Crippen MR) is 122 cm³/mol. The zero-order valence-electron chi connectivity index (χ0n) is 19.8. The maximum Gasteiger partial charge on any atom is 0.0639 e. The molecule has 1 aliphatic heterocycles. The average molecular weight is 433 g/mol. The van der Waals surface area contributed by atoms with Crippen molar-refractivity contribution in [3.8, 4) is 0 Å². The SMILES string of the molecule is CC(O)CN1CCCN(CC(C)O)CCN(CC(C)O)CCCN(CC(C)O)CC1. The number of β-amino-alcohol motifs (C(OH)–C–C–N with tert-alkyl or cyclic N) is 4. The highest BCUT2D eigenvalue weighted by Crippen LogP contribution is 2.05. The molecule has 8 nitrogen and oxygen atoms in total. The van der Waals surface area contributed by atoms with Crippen molar-refractivity contribution in [2.45, 2.75) is 65.0 Å². The van der Waals surface area contributed by atoms with E-state index in [2.05, 4.69) is 19.6 Å². The minimum Gasteiger partial charge on any atom is -0.392 e. The standard InChI is InChI=1S/C22H48N4O4/c1-19(27)15-23-7-5-8-25(17-21(3)29)13-14-26(18-22(4)30)10-6-9-24(12-11-23)16-20(2)28/h19-22,27-30H,5-18H2,1-4H3. The normalized spacial score (nSPS) is 24.8. The maximum absolute atomic E-state index is 9.89. The average Bonchev–Trinajstić information content (AvgIpc) is 2.60. The van der Waals surface area contributed by atoms with Gasteiger partial charge in [-0.05, 0) is 66.7 Å². The molecule has 8 heteroatoms. The summed E-state index contributed by atoms with van der Waals surface area (Å²) >= 11 is 0. The van der Waals surface area contributed by atoms with Gasteiger partial charge in [0.15, 0.2) is 0 Å². The highest BCUT2D eigenvalue weighted by atomic mass is 16.3. The molecule has 0 aromatic heterocycles. The molecule has 1 aliphatic rings. The number of aliphatic hydroxyl groups is 4. The Labute approximate surface area is 184 Å². The molecular weight excluding hydrogens is 384 g/mol. The van der Waals surface area contributed by atoms with Crippen LogP contribution in [0, 0.1) is 0 Å². The van der Waals surface area contributed by atoms with E-state index in [0.717, 1.165) is 65.2 Å². The molecule has 1 saturated heterocycles. The highest BCUT2D eigenvalue weighted by molar-refractivity contribution is 4.73. The largest absolute Gasteiger partial charge is 0.392 e. The third-order valence-electron chi connectivity index (χ3n) is 5.45. The predicted octanol–water partition coefficient (Wildman–Crippen LogP) is -0.489. The summed E-state index contributed by atoms with van der Waals surface area (Å²) in [6.07, 6.45) is 0.500. The van der Waals surface area contributed by atoms with E-state index in [-0.39, 0.29) is 24.4 Å². The van der Waals surface area contributed by atoms with Crippen LogP contribution in [-0.4, -0.2) is 143 Å². The molecule has 0 saturated carbocycles. The van der Waals surface area contributed by atoms with E-state index in [9.17, 15) is 20.4 Å². The lowest BCUT2D eigenvalue weighted by Crippen LogP contribution is -2.45. The van der Waals surface area contributed by atoms with Crippen molar-refractivity contribution in [3.63, 3.8) is 0 Å². The summed E-state index contributed by atoms with van der Waals surface area (Å²) in [5, 5.41) is 39.6. The monoisotopic (exact) mass is 432 g/mol. The lowest BCUT2D eigenvalue weighted by atomic mass is 10.2. The topological polar surface area (TPSA) is 93.9 Å². The van der Waals surface area contributed by atoms with Crippen LogP contribution in [0.15, 0.2) is 0 Å². The van der Waals surface area contributed by atoms with Crippen molar-refractivity contribution >= 4 is 0 Å². The van der Waals surface area contributed by atoms with Crippen LogP contribution >= 0.6 is 0 Å². The first-order valence-corrected chi connectivity index (χ1v) is 11.8. The number of hydrogen-bond acceptors (Lipinski definition) is 8. The zero-order valence-corrected chi connectivity index (χ0v) is 19.8. The van der Waals surface area contributed by atoms with Gasteiger partial charge < -0.3 is 20.4 Å². The van der Waals surface area contributed by atoms with E-state index in [1.807, 2.05) is 27.7 Å². The van der Waals surface area contributed by atoms with Crippen molar-refractivity contribution in [1.29, 1.82) is 0 Å². The van der Waals surface area contributed by atoms with Crippen LogP contribution < -0.4 is 0 Å². The van der Waals surface area contributed by atoms with Crippen LogP contribution in [0.25, 0.3) is 0 Å². The summed E-state index contributed by atoms with van der Waals surface area (Å²) < 4.78 is 0. The summed E-state index contributed by atoms with van der Waals surface area (Å²) in [5.74, 6) is 0. The van der Waals surface area contributed by atoms with E-state index in [4.69, 9.17) is 0 Å². The number of nitrogens with zero attached hydrogens (tertiary/aromatic N) is 4. The molecule has 0 amide bonds. The molecule has 180 valence electrons. The van der Waals surface area contributed by atoms with Gasteiger partial charge in [-0.2, -0.15) is 0 Å². The Morgan fingerprint density at radius 2 is 0.633 bits per heavy atom. The van der Waals surface area contributed by atoms with E-state index < -0.39 is 0 Å². The van der Waals surface area contributed by atoms with Gasteiger partial charge in [0.25, 0.3) is 0 Å². The first-order valence-electron chi connectivity index (χ1n) is 11.8. The second kappa shape index (κ2) is 15.5. The zero-order chi connectivity index (χ0) is 22.5. The van der Waals surface area contributed by atoms with E-state index in [1.54, 1.807) is 0 Å². The van der Waals surface area contributed by atoms with Gasteiger partial charge in [-0.1, -0.05) is 0 Å². The molecule has 0 aliphatic carbocycles. The third-order valence-corrected chi connectivity index (χ3v) is 5.45. The molecule has 1 heterocycles. The van der Waals surface area contributed by atoms with Crippen molar-refractivity contribution in [2.24, 2.45) is 0 Å². The van der Waals surface area contributed by atoms with E-state index >= 15 is 0 Å². The summed E-state index contributed by atoms with van der Waals surface area (Å²) in [4.78, 5) is 9.25. The number of hydrogen-bond donors (Lipinski definition) is 4. The van der Waals surface area contributed by atoms with Crippen LogP contribution in [0.3, 0.4) is 0 Å². The number of rotatable bonds is 8. The molecule has 4 atom stereocenters. The fourth-order valence-electron chi connectivity index (χ4n) is 4.27. The fourth-order valence-corrected chi connectivity index (χ4v) is 4.27. The second-order valence-corrected chi connectivity index (χ2v) is 9.31. The van der Waals surface area contributed by atoms with Crippen molar-refractivity contribution in [2.75, 3.05) is 78.5 Å². The Balaban J connectivity index is 2.83. The van der Waals surface area contributed by atoms with Gasteiger partial charge in [-0.15, -0.1) is 0 Å². The molecule has 4 N–H and O–H groups in total. The minimum atomic E-state index is -0.364. The van der Waals surface area contributed by atoms with E-state index in [1.165, 1.54) is 0 Å². The first-order chi connectivity index (χ1) is 14.2. The van der Waals surface area contributed by atoms with Crippen LogP contribution in [-0.2, 0) is 0 Å². The first kappa shape index (κ1) is 27.7. The number of aliphatic hydroxyl groups excluding tert-OH is 4. The van der Waals surface area contributed by atoms with Gasteiger partial charge in [0.2, 0.25) is 0 Å². The quantitative estimate of drug-likeness (QED) is 0.408. The summed E-state index contributed by atoms with van der Waals surface area (Å²) in [7, 11) is 0. The maximum atomic E-state index is 9.89. The summed E-state index contributed by atoms with van der Waals surface area (Å²) in [5.41, 5.74) is 0. The molecule has 0 bridgehead atoms. The Hall–Kier alpha value is -0.320. The molecule has 4 unspecified atom stereocenters. The molecular formula is C22H48N4O4. The Bertz CT molecular complexity index is 350. The van der Waals surface area contributed by atoms with Crippen molar-refractivity contribution in [3.05, 3.63) is 0 Å². The second-order valence-electron chi connectivity index (χ2n) is 9.31. The van der Waals surface area contributed by atoms with Gasteiger partial charge in [-0.3, -0.25) is 19.6 Å². The molecule has 0 spiro atoms. The Kier molecular flexibility index (Phi) is 14.3. The van der Waals surface area contributed by atoms with Crippen LogP contribution in [0.4, 0.5) is 0 Å². The molecule has 0 aromatic carbocycles. The Morgan fingerprint density at radius 3 is 0.800 bits per heavy atom. The lowest BCUT2D eigenvalue weighted by molar-refractivity contribution is 0.0745. The fraction of sp³-hybridized carbons (Fsp3) is 1.00. The van der Waals surface area contributed by atoms with Gasteiger partial charge in [0, 0.05) is 52.4 Å². The highest BCUT2D eigenvalue weighted by Gasteiger charge is 2.17. The van der Waals surface area contributed by atoms with Gasteiger partial charge >= 0.3 is 0 Å². The third kappa shape index (κ3) is 13.9. The van der Waals surface area contributed by atoms with Crippen LogP contribution in [0.1, 0.15) is 40.5 Å². The van der Waals surface area contributed by atoms with E-state index in [0.29, 0.717) is 26.2 Å². The van der Waals surface area contributed by atoms with Crippen molar-refractivity contribution in [1.82, 2.24) is 19.6 Å². The van der Waals surface area contributed by atoms with Gasteiger partial charge in [0.05, 0.1) is 24.4 Å². The Morgan fingerprint density at radius 1 is 0.433 bits per heavy atom. The lowest BCUT2D eigenvalue weighted by Gasteiger charge is -2.33. The molecule has 1 rings (SSSR count).